The van der Waals surface area contributed by atoms with Gasteiger partial charge in [0.1, 0.15) is 0 Å². The molecule has 3 aromatic rings. The molecule has 0 aliphatic heterocycles. The molecule has 2 N–H and O–H groups in total. The van der Waals surface area contributed by atoms with Crippen LogP contribution in [-0.2, 0) is 12.6 Å². The predicted octanol–water partition coefficient (Wildman–Crippen LogP) is 5.36. The van der Waals surface area contributed by atoms with Crippen LogP contribution < -0.4 is 10.6 Å². The molecule has 1 atom stereocenters. The second-order valence-electron chi connectivity index (χ2n) is 6.69. The van der Waals surface area contributed by atoms with Crippen LogP contribution in [0.1, 0.15) is 41.8 Å². The molecule has 156 valence electrons. The Morgan fingerprint density at radius 3 is 2.43 bits per heavy atom. The molecule has 8 heteroatoms. The largest absolute Gasteiger partial charge is 0.416 e. The number of aryl methyl sites for hydroxylation is 1. The highest BCUT2D eigenvalue weighted by Gasteiger charge is 2.31. The number of hydrogen-bond acceptors (Lipinski definition) is 3. The molecular formula is C22H21F3N4O. The normalized spacial score (nSPS) is 12.3. The summed E-state index contributed by atoms with van der Waals surface area (Å²) < 4.78 is 38.9. The molecule has 5 nitrogen and oxygen atoms in total. The van der Waals surface area contributed by atoms with Gasteiger partial charge in [-0.15, -0.1) is 0 Å². The first kappa shape index (κ1) is 21.3. The Bertz CT molecular complexity index is 976. The molecule has 0 bridgehead atoms. The van der Waals surface area contributed by atoms with Gasteiger partial charge in [0.2, 0.25) is 0 Å². The van der Waals surface area contributed by atoms with Crippen LogP contribution in [0, 0.1) is 0 Å². The highest BCUT2D eigenvalue weighted by atomic mass is 19.4. The number of aromatic nitrogens is 2. The quantitative estimate of drug-likeness (QED) is 0.571. The summed E-state index contributed by atoms with van der Waals surface area (Å²) in [5, 5.41) is 5.51. The summed E-state index contributed by atoms with van der Waals surface area (Å²) in [5.41, 5.74) is 1.77. The summed E-state index contributed by atoms with van der Waals surface area (Å²) in [6.07, 6.45) is 1.84. The number of amides is 2. The van der Waals surface area contributed by atoms with Crippen LogP contribution in [0.2, 0.25) is 0 Å². The first-order chi connectivity index (χ1) is 14.4. The van der Waals surface area contributed by atoms with Crippen molar-refractivity contribution in [3.63, 3.8) is 0 Å². The van der Waals surface area contributed by atoms with Crippen molar-refractivity contribution < 1.29 is 18.0 Å². The fourth-order valence-electron chi connectivity index (χ4n) is 3.10. The minimum absolute atomic E-state index is 0.496. The van der Waals surface area contributed by atoms with E-state index >= 15 is 0 Å². The average Bonchev–Trinajstić information content (AvgIpc) is 2.73. The van der Waals surface area contributed by atoms with Crippen LogP contribution in [0.5, 0.6) is 0 Å². The molecule has 0 saturated carbocycles. The Balaban J connectivity index is 1.94. The lowest BCUT2D eigenvalue weighted by Crippen LogP contribution is -2.34. The Kier molecular flexibility index (Phi) is 6.66. The number of rotatable bonds is 6. The third-order valence-electron chi connectivity index (χ3n) is 4.49. The number of carbonyl (C=O) groups is 1. The van der Waals surface area contributed by atoms with E-state index in [4.69, 9.17) is 0 Å². The monoisotopic (exact) mass is 414 g/mol. The first-order valence-electron chi connectivity index (χ1n) is 9.47. The van der Waals surface area contributed by atoms with Gasteiger partial charge in [-0.1, -0.05) is 31.5 Å². The Morgan fingerprint density at radius 1 is 1.07 bits per heavy atom. The zero-order chi connectivity index (χ0) is 21.6. The Labute approximate surface area is 172 Å². The second-order valence-corrected chi connectivity index (χ2v) is 6.69. The molecule has 2 aromatic heterocycles. The maximum atomic E-state index is 13.0. The zero-order valence-electron chi connectivity index (χ0n) is 16.3. The Morgan fingerprint density at radius 2 is 1.80 bits per heavy atom. The van der Waals surface area contributed by atoms with E-state index in [2.05, 4.69) is 20.6 Å². The second kappa shape index (κ2) is 9.39. The summed E-state index contributed by atoms with van der Waals surface area (Å²) >= 11 is 0. The van der Waals surface area contributed by atoms with Gasteiger partial charge in [-0.3, -0.25) is 9.97 Å². The minimum atomic E-state index is -4.43. The van der Waals surface area contributed by atoms with Gasteiger partial charge in [-0.2, -0.15) is 13.2 Å². The van der Waals surface area contributed by atoms with E-state index in [9.17, 15) is 18.0 Å². The number of nitrogens with zero attached hydrogens (tertiary/aromatic N) is 2. The lowest BCUT2D eigenvalue weighted by Gasteiger charge is -2.22. The Hall–Kier alpha value is -3.42. The molecule has 2 heterocycles. The van der Waals surface area contributed by atoms with Crippen molar-refractivity contribution in [2.24, 2.45) is 0 Å². The van der Waals surface area contributed by atoms with Crippen molar-refractivity contribution in [3.8, 4) is 0 Å². The maximum absolute atomic E-state index is 13.0. The number of anilines is 1. The van der Waals surface area contributed by atoms with Crippen LogP contribution in [0.15, 0.2) is 67.1 Å². The van der Waals surface area contributed by atoms with E-state index in [-0.39, 0.29) is 0 Å². The summed E-state index contributed by atoms with van der Waals surface area (Å²) in [4.78, 5) is 21.0. The van der Waals surface area contributed by atoms with Crippen molar-refractivity contribution in [2.75, 3.05) is 5.32 Å². The van der Waals surface area contributed by atoms with Gasteiger partial charge in [0.05, 0.1) is 29.2 Å². The third-order valence-corrected chi connectivity index (χ3v) is 4.49. The van der Waals surface area contributed by atoms with E-state index in [1.54, 1.807) is 30.6 Å². The van der Waals surface area contributed by atoms with Crippen LogP contribution in [0.25, 0.3) is 0 Å². The number of hydrogen-bond donors (Lipinski definition) is 2. The zero-order valence-corrected chi connectivity index (χ0v) is 16.3. The number of alkyl halides is 3. The summed E-state index contributed by atoms with van der Waals surface area (Å²) in [7, 11) is 0. The molecule has 0 fully saturated rings. The summed E-state index contributed by atoms with van der Waals surface area (Å²) in [5.74, 6) is 0. The number of pyridine rings is 2. The number of nitrogens with one attached hydrogen (secondary N) is 2. The van der Waals surface area contributed by atoms with Crippen LogP contribution in [0.4, 0.5) is 23.7 Å². The third kappa shape index (κ3) is 5.34. The molecule has 0 spiro atoms. The number of urea groups is 1. The van der Waals surface area contributed by atoms with Crippen LogP contribution in [0.3, 0.4) is 0 Å². The summed E-state index contributed by atoms with van der Waals surface area (Å²) in [6.45, 7) is 2.02. The van der Waals surface area contributed by atoms with Crippen molar-refractivity contribution in [1.29, 1.82) is 0 Å². The fourth-order valence-corrected chi connectivity index (χ4v) is 3.10. The lowest BCUT2D eigenvalue weighted by atomic mass is 9.96. The van der Waals surface area contributed by atoms with Gasteiger partial charge in [-0.25, -0.2) is 4.79 Å². The van der Waals surface area contributed by atoms with Gasteiger partial charge in [-0.05, 0) is 47.9 Å². The van der Waals surface area contributed by atoms with Crippen LogP contribution in [-0.4, -0.2) is 16.0 Å². The molecule has 0 unspecified atom stereocenters. The molecule has 1 aromatic carbocycles. The van der Waals surface area contributed by atoms with Crippen molar-refractivity contribution >= 4 is 11.7 Å². The molecule has 3 rings (SSSR count). The minimum Gasteiger partial charge on any atom is -0.325 e. The molecule has 30 heavy (non-hydrogen) atoms. The van der Waals surface area contributed by atoms with Crippen molar-refractivity contribution in [3.05, 3.63) is 89.5 Å². The maximum Gasteiger partial charge on any atom is 0.416 e. The van der Waals surface area contributed by atoms with E-state index in [0.29, 0.717) is 16.9 Å². The van der Waals surface area contributed by atoms with Crippen LogP contribution >= 0.6 is 0 Å². The molecule has 2 amide bonds. The average molecular weight is 414 g/mol. The van der Waals surface area contributed by atoms with E-state index in [1.165, 1.54) is 18.3 Å². The topological polar surface area (TPSA) is 66.9 Å². The SMILES string of the molecule is CCCc1cccnc1[C@@H](NC(=O)Nc1cccnc1)c1ccc(C(F)(F)F)cc1. The molecule has 0 saturated heterocycles. The predicted molar refractivity (Wildman–Crippen MR) is 108 cm³/mol. The number of benzene rings is 1. The number of carbonyl (C=O) groups excluding carboxylic acids is 1. The summed E-state index contributed by atoms with van der Waals surface area (Å²) in [6, 6.07) is 10.6. The van der Waals surface area contributed by atoms with Gasteiger partial charge in [0.15, 0.2) is 0 Å². The van der Waals surface area contributed by atoms with Crippen molar-refractivity contribution in [1.82, 2.24) is 15.3 Å². The van der Waals surface area contributed by atoms with E-state index in [1.807, 2.05) is 13.0 Å². The van der Waals surface area contributed by atoms with Gasteiger partial charge in [0.25, 0.3) is 0 Å². The van der Waals surface area contributed by atoms with Gasteiger partial charge >= 0.3 is 12.2 Å². The highest BCUT2D eigenvalue weighted by Crippen LogP contribution is 2.31. The van der Waals surface area contributed by atoms with Crippen molar-refractivity contribution in [2.45, 2.75) is 32.0 Å². The van der Waals surface area contributed by atoms with Gasteiger partial charge < -0.3 is 10.6 Å². The highest BCUT2D eigenvalue weighted by molar-refractivity contribution is 5.89. The molecule has 0 aliphatic carbocycles. The smallest absolute Gasteiger partial charge is 0.325 e. The molecular weight excluding hydrogens is 393 g/mol. The fraction of sp³-hybridized carbons (Fsp3) is 0.227. The standard InChI is InChI=1S/C22H21F3N4O/c1-2-5-15-6-3-13-27-19(15)20(16-8-10-17(11-9-16)22(23,24)25)29-21(30)28-18-7-4-12-26-14-18/h3-4,6-14,20H,2,5H2,1H3,(H2,28,29,30)/t20-/m0/s1. The molecule has 0 radical (unpaired) electrons. The number of halogens is 3. The van der Waals surface area contributed by atoms with E-state index in [0.717, 1.165) is 30.5 Å². The first-order valence-corrected chi connectivity index (χ1v) is 9.47. The molecule has 0 aliphatic rings. The van der Waals surface area contributed by atoms with E-state index < -0.39 is 23.8 Å². The van der Waals surface area contributed by atoms with Gasteiger partial charge in [0, 0.05) is 12.4 Å². The lowest BCUT2D eigenvalue weighted by molar-refractivity contribution is -0.137.